The van der Waals surface area contributed by atoms with E-state index in [0.29, 0.717) is 0 Å². The van der Waals surface area contributed by atoms with Gasteiger partial charge in [-0.1, -0.05) is 49.2 Å². The standard InChI is InChI=1S/C21H24ClN3O2S2.BrH/c1-4-5-13-25-19(15-28-21(25)23-17-9-7-6-8-10-17)16-11-12-18(22)20(14-16)29(26,27)24(2)3;/h6-12,14-15H,4-5,13H2,1-3H3;1H. The maximum atomic E-state index is 12.7. The van der Waals surface area contributed by atoms with E-state index in [1.165, 1.54) is 18.4 Å². The van der Waals surface area contributed by atoms with E-state index in [9.17, 15) is 8.42 Å². The van der Waals surface area contributed by atoms with Crippen LogP contribution in [0.4, 0.5) is 5.69 Å². The Kier molecular flexibility index (Phi) is 8.87. The summed E-state index contributed by atoms with van der Waals surface area (Å²) in [6.45, 7) is 2.95. The first-order valence-electron chi connectivity index (χ1n) is 9.35. The third-order valence-corrected chi connectivity index (χ3v) is 7.66. The Labute approximate surface area is 197 Å². The van der Waals surface area contributed by atoms with Crippen LogP contribution in [-0.4, -0.2) is 31.4 Å². The molecule has 9 heteroatoms. The minimum atomic E-state index is -3.64. The lowest BCUT2D eigenvalue weighted by Gasteiger charge is -2.15. The number of hydrogen-bond donors (Lipinski definition) is 0. The molecule has 0 aliphatic rings. The fourth-order valence-corrected chi connectivity index (χ4v) is 5.20. The molecule has 5 nitrogen and oxygen atoms in total. The van der Waals surface area contributed by atoms with Crippen molar-refractivity contribution in [2.75, 3.05) is 14.1 Å². The quantitative estimate of drug-likeness (QED) is 0.392. The zero-order valence-electron chi connectivity index (χ0n) is 17.1. The van der Waals surface area contributed by atoms with Crippen molar-refractivity contribution in [3.05, 3.63) is 63.7 Å². The number of unbranched alkanes of at least 4 members (excludes halogenated alkanes) is 1. The molecule has 0 aliphatic carbocycles. The van der Waals surface area contributed by atoms with Crippen molar-refractivity contribution in [2.45, 2.75) is 31.2 Å². The van der Waals surface area contributed by atoms with Gasteiger partial charge in [-0.15, -0.1) is 28.3 Å². The summed E-state index contributed by atoms with van der Waals surface area (Å²) in [6, 6.07) is 15.0. The van der Waals surface area contributed by atoms with Crippen LogP contribution in [0.5, 0.6) is 0 Å². The van der Waals surface area contributed by atoms with Crippen molar-refractivity contribution in [3.63, 3.8) is 0 Å². The fraction of sp³-hybridized carbons (Fsp3) is 0.286. The molecule has 0 radical (unpaired) electrons. The Morgan fingerprint density at radius 3 is 2.47 bits per heavy atom. The monoisotopic (exact) mass is 529 g/mol. The van der Waals surface area contributed by atoms with E-state index in [2.05, 4.69) is 11.5 Å². The predicted molar refractivity (Wildman–Crippen MR) is 131 cm³/mol. The van der Waals surface area contributed by atoms with Crippen LogP contribution in [0.1, 0.15) is 19.8 Å². The van der Waals surface area contributed by atoms with Gasteiger partial charge in [0, 0.05) is 31.6 Å². The Morgan fingerprint density at radius 2 is 1.83 bits per heavy atom. The summed E-state index contributed by atoms with van der Waals surface area (Å²) in [5, 5.41) is 2.24. The van der Waals surface area contributed by atoms with Gasteiger partial charge < -0.3 is 4.57 Å². The molecule has 162 valence electrons. The molecule has 1 heterocycles. The third kappa shape index (κ3) is 5.42. The van der Waals surface area contributed by atoms with E-state index in [-0.39, 0.29) is 26.9 Å². The lowest BCUT2D eigenvalue weighted by atomic mass is 10.1. The van der Waals surface area contributed by atoms with Crippen LogP contribution in [0.25, 0.3) is 11.3 Å². The van der Waals surface area contributed by atoms with Gasteiger partial charge >= 0.3 is 0 Å². The van der Waals surface area contributed by atoms with Crippen LogP contribution in [0, 0.1) is 0 Å². The summed E-state index contributed by atoms with van der Waals surface area (Å²) in [5.41, 5.74) is 2.62. The maximum absolute atomic E-state index is 12.7. The van der Waals surface area contributed by atoms with Crippen LogP contribution in [0.15, 0.2) is 63.8 Å². The van der Waals surface area contributed by atoms with Crippen LogP contribution < -0.4 is 4.80 Å². The van der Waals surface area contributed by atoms with Crippen LogP contribution in [0.2, 0.25) is 5.02 Å². The molecule has 0 aliphatic heterocycles. The zero-order chi connectivity index (χ0) is 21.0. The van der Waals surface area contributed by atoms with Gasteiger partial charge in [0.1, 0.15) is 4.90 Å². The molecule has 0 unspecified atom stereocenters. The van der Waals surface area contributed by atoms with Crippen molar-refractivity contribution in [1.29, 1.82) is 0 Å². The van der Waals surface area contributed by atoms with Gasteiger partial charge in [0.2, 0.25) is 10.0 Å². The van der Waals surface area contributed by atoms with E-state index in [1.807, 2.05) is 41.8 Å². The second-order valence-electron chi connectivity index (χ2n) is 6.79. The van der Waals surface area contributed by atoms with Gasteiger partial charge in [0.25, 0.3) is 0 Å². The molecule has 0 amide bonds. The average Bonchev–Trinajstić information content (AvgIpc) is 3.09. The van der Waals surface area contributed by atoms with Gasteiger partial charge in [0.15, 0.2) is 4.80 Å². The summed E-state index contributed by atoms with van der Waals surface area (Å²) < 4.78 is 28.6. The van der Waals surface area contributed by atoms with Gasteiger partial charge in [-0.25, -0.2) is 17.7 Å². The molecule has 30 heavy (non-hydrogen) atoms. The maximum Gasteiger partial charge on any atom is 0.244 e. The van der Waals surface area contributed by atoms with Crippen molar-refractivity contribution in [2.24, 2.45) is 4.99 Å². The van der Waals surface area contributed by atoms with Gasteiger partial charge in [-0.3, -0.25) is 0 Å². The molecule has 0 fully saturated rings. The van der Waals surface area contributed by atoms with Gasteiger partial charge in [0.05, 0.1) is 16.4 Å². The zero-order valence-corrected chi connectivity index (χ0v) is 21.2. The molecule has 0 bridgehead atoms. The summed E-state index contributed by atoms with van der Waals surface area (Å²) in [7, 11) is -0.635. The third-order valence-electron chi connectivity index (χ3n) is 4.50. The summed E-state index contributed by atoms with van der Waals surface area (Å²) in [4.78, 5) is 5.78. The normalized spacial score (nSPS) is 12.2. The Hall–Kier alpha value is -1.45. The first-order valence-corrected chi connectivity index (χ1v) is 12.0. The number of hydrogen-bond acceptors (Lipinski definition) is 4. The summed E-state index contributed by atoms with van der Waals surface area (Å²) >= 11 is 7.76. The van der Waals surface area contributed by atoms with E-state index in [1.54, 1.807) is 23.5 Å². The van der Waals surface area contributed by atoms with Crippen molar-refractivity contribution >= 4 is 55.6 Å². The molecule has 0 N–H and O–H groups in total. The predicted octanol–water partition coefficient (Wildman–Crippen LogP) is 5.73. The second-order valence-corrected chi connectivity index (χ2v) is 10.2. The second kappa shape index (κ2) is 10.7. The lowest BCUT2D eigenvalue weighted by Crippen LogP contribution is -2.22. The number of rotatable bonds is 7. The fourth-order valence-electron chi connectivity index (χ4n) is 2.85. The molecule has 0 atom stereocenters. The van der Waals surface area contributed by atoms with Crippen molar-refractivity contribution < 1.29 is 8.42 Å². The van der Waals surface area contributed by atoms with Crippen LogP contribution in [0.3, 0.4) is 0 Å². The highest BCUT2D eigenvalue weighted by atomic mass is 79.9. The van der Waals surface area contributed by atoms with E-state index in [0.717, 1.165) is 41.1 Å². The molecule has 3 aromatic rings. The molecule has 0 saturated carbocycles. The molecule has 2 aromatic carbocycles. The Balaban J connectivity index is 0.00000320. The van der Waals surface area contributed by atoms with E-state index >= 15 is 0 Å². The molecular formula is C21H25BrClN3O2S2. The first-order chi connectivity index (χ1) is 13.8. The SMILES string of the molecule is Br.CCCCn1c(-c2ccc(Cl)c(S(=O)(=O)N(C)C)c2)csc1=Nc1ccccc1. The van der Waals surface area contributed by atoms with Crippen molar-refractivity contribution in [3.8, 4) is 11.3 Å². The number of sulfonamides is 1. The van der Waals surface area contributed by atoms with Gasteiger partial charge in [-0.05, 0) is 30.7 Å². The largest absolute Gasteiger partial charge is 0.316 e. The van der Waals surface area contributed by atoms with E-state index in [4.69, 9.17) is 16.6 Å². The minimum absolute atomic E-state index is 0. The number of para-hydroxylation sites is 1. The Bertz CT molecular complexity index is 1160. The highest BCUT2D eigenvalue weighted by molar-refractivity contribution is 8.93. The van der Waals surface area contributed by atoms with Crippen molar-refractivity contribution in [1.82, 2.24) is 8.87 Å². The number of nitrogens with zero attached hydrogens (tertiary/aromatic N) is 3. The number of thiazole rings is 1. The molecule has 0 saturated heterocycles. The molecule has 0 spiro atoms. The highest BCUT2D eigenvalue weighted by Crippen LogP contribution is 2.30. The minimum Gasteiger partial charge on any atom is -0.316 e. The van der Waals surface area contributed by atoms with E-state index < -0.39 is 10.0 Å². The first kappa shape index (κ1) is 24.8. The summed E-state index contributed by atoms with van der Waals surface area (Å²) in [5.74, 6) is 0. The topological polar surface area (TPSA) is 54.7 Å². The summed E-state index contributed by atoms with van der Waals surface area (Å²) in [6.07, 6.45) is 2.05. The Morgan fingerprint density at radius 1 is 1.13 bits per heavy atom. The molecule has 1 aromatic heterocycles. The van der Waals surface area contributed by atoms with Gasteiger partial charge in [-0.2, -0.15) is 0 Å². The molecule has 3 rings (SSSR count). The van der Waals surface area contributed by atoms with Crippen LogP contribution in [-0.2, 0) is 16.6 Å². The number of halogens is 2. The number of aromatic nitrogens is 1. The highest BCUT2D eigenvalue weighted by Gasteiger charge is 2.22. The molecular weight excluding hydrogens is 506 g/mol. The smallest absolute Gasteiger partial charge is 0.244 e. The average molecular weight is 531 g/mol. The van der Waals surface area contributed by atoms with Crippen LogP contribution >= 0.6 is 39.9 Å². The lowest BCUT2D eigenvalue weighted by molar-refractivity contribution is 0.521. The number of benzene rings is 2.